The average Bonchev–Trinajstić information content (AvgIpc) is 3.08. The minimum atomic E-state index is -0.558. The van der Waals surface area contributed by atoms with Gasteiger partial charge < -0.3 is 5.32 Å². The van der Waals surface area contributed by atoms with Gasteiger partial charge in [0.15, 0.2) is 0 Å². The van der Waals surface area contributed by atoms with Crippen molar-refractivity contribution in [2.75, 3.05) is 11.6 Å². The van der Waals surface area contributed by atoms with Gasteiger partial charge in [-0.05, 0) is 24.0 Å². The van der Waals surface area contributed by atoms with Gasteiger partial charge in [0.1, 0.15) is 5.56 Å². The van der Waals surface area contributed by atoms with Crippen LogP contribution in [0.25, 0.3) is 0 Å². The van der Waals surface area contributed by atoms with Crippen molar-refractivity contribution in [1.29, 1.82) is 0 Å². The van der Waals surface area contributed by atoms with E-state index in [9.17, 15) is 14.9 Å². The Kier molecular flexibility index (Phi) is 5.33. The minimum absolute atomic E-state index is 0.0256. The van der Waals surface area contributed by atoms with E-state index >= 15 is 0 Å². The molecule has 0 saturated heterocycles. The van der Waals surface area contributed by atoms with Crippen molar-refractivity contribution < 1.29 is 9.72 Å². The van der Waals surface area contributed by atoms with Gasteiger partial charge in [-0.3, -0.25) is 19.6 Å². The second kappa shape index (κ2) is 7.83. The number of benzene rings is 2. The number of thioether (sulfide) groups is 1. The lowest BCUT2D eigenvalue weighted by Gasteiger charge is -2.05. The molecule has 26 heavy (non-hydrogen) atoms. The summed E-state index contributed by atoms with van der Waals surface area (Å²) in [6.07, 6.45) is 5.05. The number of anilines is 1. The molecule has 0 aliphatic rings. The molecule has 1 amide bonds. The predicted octanol–water partition coefficient (Wildman–Crippen LogP) is 3.81. The van der Waals surface area contributed by atoms with Crippen molar-refractivity contribution in [1.82, 2.24) is 9.78 Å². The van der Waals surface area contributed by atoms with Crippen molar-refractivity contribution in [3.8, 4) is 0 Å². The molecule has 0 fully saturated rings. The minimum Gasteiger partial charge on any atom is -0.319 e. The summed E-state index contributed by atoms with van der Waals surface area (Å²) in [4.78, 5) is 23.9. The summed E-state index contributed by atoms with van der Waals surface area (Å²) in [5, 5.41) is 18.1. The fourth-order valence-electron chi connectivity index (χ4n) is 2.47. The molecule has 1 aromatic heterocycles. The molecule has 0 bridgehead atoms. The van der Waals surface area contributed by atoms with Gasteiger partial charge in [-0.15, -0.1) is 11.8 Å². The van der Waals surface area contributed by atoms with Gasteiger partial charge in [-0.1, -0.05) is 30.3 Å². The molecular formula is C18H16N4O3S. The Morgan fingerprint density at radius 2 is 2.04 bits per heavy atom. The van der Waals surface area contributed by atoms with E-state index in [2.05, 4.69) is 10.4 Å². The first-order chi connectivity index (χ1) is 12.6. The van der Waals surface area contributed by atoms with Crippen LogP contribution in [-0.2, 0) is 6.54 Å². The van der Waals surface area contributed by atoms with Gasteiger partial charge in [0.05, 0.1) is 23.4 Å². The SMILES string of the molecule is CSc1ccc([N+](=O)[O-])c(C(=O)Nc2cnn(Cc3ccccc3)c2)c1. The van der Waals surface area contributed by atoms with Crippen LogP contribution in [0.15, 0.2) is 65.8 Å². The van der Waals surface area contributed by atoms with Crippen LogP contribution in [0.5, 0.6) is 0 Å². The maximum Gasteiger partial charge on any atom is 0.282 e. The number of amides is 1. The molecule has 0 atom stereocenters. The largest absolute Gasteiger partial charge is 0.319 e. The Morgan fingerprint density at radius 3 is 2.73 bits per heavy atom. The Hall–Kier alpha value is -3.13. The summed E-state index contributed by atoms with van der Waals surface area (Å²) in [7, 11) is 0. The highest BCUT2D eigenvalue weighted by Crippen LogP contribution is 2.25. The zero-order valence-corrected chi connectivity index (χ0v) is 14.8. The lowest BCUT2D eigenvalue weighted by Crippen LogP contribution is -2.13. The van der Waals surface area contributed by atoms with E-state index in [0.717, 1.165) is 10.5 Å². The average molecular weight is 368 g/mol. The normalized spacial score (nSPS) is 10.5. The Balaban J connectivity index is 1.77. The monoisotopic (exact) mass is 368 g/mol. The summed E-state index contributed by atoms with van der Waals surface area (Å²) in [6.45, 7) is 0.568. The standard InChI is InChI=1S/C18H16N4O3S/c1-26-15-7-8-17(22(24)25)16(9-15)18(23)20-14-10-19-21(12-14)11-13-5-3-2-4-6-13/h2-10,12H,11H2,1H3,(H,20,23). The quantitative estimate of drug-likeness (QED) is 0.406. The number of nitro benzene ring substituents is 1. The van der Waals surface area contributed by atoms with Crippen molar-refractivity contribution in [2.24, 2.45) is 0 Å². The Morgan fingerprint density at radius 1 is 1.27 bits per heavy atom. The molecule has 1 N–H and O–H groups in total. The molecule has 0 radical (unpaired) electrons. The number of nitrogens with one attached hydrogen (secondary N) is 1. The highest BCUT2D eigenvalue weighted by Gasteiger charge is 2.21. The zero-order chi connectivity index (χ0) is 18.5. The van der Waals surface area contributed by atoms with Crippen LogP contribution in [0.4, 0.5) is 11.4 Å². The lowest BCUT2D eigenvalue weighted by atomic mass is 10.1. The van der Waals surface area contributed by atoms with E-state index in [0.29, 0.717) is 12.2 Å². The number of hydrogen-bond donors (Lipinski definition) is 1. The second-order valence-corrected chi connectivity index (χ2v) is 6.39. The molecule has 0 saturated carbocycles. The fraction of sp³-hybridized carbons (Fsp3) is 0.111. The highest BCUT2D eigenvalue weighted by atomic mass is 32.2. The number of carbonyl (C=O) groups is 1. The third-order valence-electron chi connectivity index (χ3n) is 3.72. The highest BCUT2D eigenvalue weighted by molar-refractivity contribution is 7.98. The number of carbonyl (C=O) groups excluding carboxylic acids is 1. The fourth-order valence-corrected chi connectivity index (χ4v) is 2.91. The number of nitro groups is 1. The number of hydrogen-bond acceptors (Lipinski definition) is 5. The first kappa shape index (κ1) is 17.7. The molecule has 2 aromatic carbocycles. The van der Waals surface area contributed by atoms with E-state index in [1.165, 1.54) is 30.1 Å². The van der Waals surface area contributed by atoms with Gasteiger partial charge >= 0.3 is 0 Å². The number of nitrogens with zero attached hydrogens (tertiary/aromatic N) is 3. The van der Waals surface area contributed by atoms with Crippen LogP contribution in [-0.4, -0.2) is 26.9 Å². The lowest BCUT2D eigenvalue weighted by molar-refractivity contribution is -0.385. The van der Waals surface area contributed by atoms with Crippen LogP contribution in [0.3, 0.4) is 0 Å². The van der Waals surface area contributed by atoms with Crippen molar-refractivity contribution in [3.63, 3.8) is 0 Å². The summed E-state index contributed by atoms with van der Waals surface area (Å²) in [6, 6.07) is 14.3. The van der Waals surface area contributed by atoms with Crippen molar-refractivity contribution >= 4 is 29.0 Å². The molecule has 0 unspecified atom stereocenters. The van der Waals surface area contributed by atoms with E-state index in [-0.39, 0.29) is 11.3 Å². The third-order valence-corrected chi connectivity index (χ3v) is 4.45. The Bertz CT molecular complexity index is 941. The first-order valence-electron chi connectivity index (χ1n) is 7.77. The molecule has 3 aromatic rings. The molecule has 8 heteroatoms. The van der Waals surface area contributed by atoms with Crippen molar-refractivity contribution in [2.45, 2.75) is 11.4 Å². The zero-order valence-electron chi connectivity index (χ0n) is 14.0. The van der Waals surface area contributed by atoms with E-state index in [4.69, 9.17) is 0 Å². The maximum absolute atomic E-state index is 12.5. The molecule has 0 spiro atoms. The molecule has 0 aliphatic heterocycles. The summed E-state index contributed by atoms with van der Waals surface area (Å²) >= 11 is 1.41. The summed E-state index contributed by atoms with van der Waals surface area (Å²) in [5.41, 5.74) is 1.36. The van der Waals surface area contributed by atoms with Crippen LogP contribution in [0.1, 0.15) is 15.9 Å². The van der Waals surface area contributed by atoms with Gasteiger partial charge in [-0.25, -0.2) is 0 Å². The van der Waals surface area contributed by atoms with E-state index in [1.807, 2.05) is 36.6 Å². The molecular weight excluding hydrogens is 352 g/mol. The first-order valence-corrected chi connectivity index (χ1v) is 8.99. The van der Waals surface area contributed by atoms with Crippen LogP contribution < -0.4 is 5.32 Å². The van der Waals surface area contributed by atoms with Crippen LogP contribution >= 0.6 is 11.8 Å². The molecule has 1 heterocycles. The third kappa shape index (κ3) is 4.09. The Labute approximate surface area is 154 Å². The molecule has 7 nitrogen and oxygen atoms in total. The number of aromatic nitrogens is 2. The molecule has 3 rings (SSSR count). The molecule has 132 valence electrons. The van der Waals surface area contributed by atoms with E-state index in [1.54, 1.807) is 16.9 Å². The number of rotatable bonds is 6. The van der Waals surface area contributed by atoms with Gasteiger partial charge in [0.25, 0.3) is 11.6 Å². The van der Waals surface area contributed by atoms with Gasteiger partial charge in [-0.2, -0.15) is 5.10 Å². The summed E-state index contributed by atoms with van der Waals surface area (Å²) < 4.78 is 1.69. The molecule has 0 aliphatic carbocycles. The maximum atomic E-state index is 12.5. The van der Waals surface area contributed by atoms with E-state index < -0.39 is 10.8 Å². The summed E-state index contributed by atoms with van der Waals surface area (Å²) in [5.74, 6) is -0.535. The van der Waals surface area contributed by atoms with Gasteiger partial charge in [0, 0.05) is 17.2 Å². The van der Waals surface area contributed by atoms with Crippen molar-refractivity contribution in [3.05, 3.63) is 82.2 Å². The predicted molar refractivity (Wildman–Crippen MR) is 101 cm³/mol. The van der Waals surface area contributed by atoms with Crippen LogP contribution in [0.2, 0.25) is 0 Å². The topological polar surface area (TPSA) is 90.1 Å². The second-order valence-electron chi connectivity index (χ2n) is 5.51. The van der Waals surface area contributed by atoms with Crippen LogP contribution in [0, 0.1) is 10.1 Å². The smallest absolute Gasteiger partial charge is 0.282 e. The van der Waals surface area contributed by atoms with Gasteiger partial charge in [0.2, 0.25) is 0 Å².